The Labute approximate surface area is 118 Å². The summed E-state index contributed by atoms with van der Waals surface area (Å²) in [5, 5.41) is 3.31. The number of aromatic nitrogens is 1. The summed E-state index contributed by atoms with van der Waals surface area (Å²) < 4.78 is 36.4. The molecule has 0 spiro atoms. The van der Waals surface area contributed by atoms with Crippen molar-refractivity contribution in [1.29, 1.82) is 0 Å². The summed E-state index contributed by atoms with van der Waals surface area (Å²) in [5.74, 6) is -0.697. The van der Waals surface area contributed by atoms with Crippen LogP contribution in [0.4, 0.5) is 18.3 Å². The molecule has 0 fully saturated rings. The van der Waals surface area contributed by atoms with E-state index in [1.807, 2.05) is 20.8 Å². The van der Waals surface area contributed by atoms with Crippen LogP contribution in [0, 0.1) is 0 Å². The first-order valence-corrected chi connectivity index (χ1v) is 7.26. The maximum atomic E-state index is 12.1. The first-order chi connectivity index (χ1) is 8.49. The fraction of sp³-hybridized carbons (Fsp3) is 0.636. The molecule has 0 radical (unpaired) electrons. The van der Waals surface area contributed by atoms with E-state index < -0.39 is 16.7 Å². The number of anilines is 1. The molecule has 0 bridgehead atoms. The highest BCUT2D eigenvalue weighted by Crippen LogP contribution is 2.34. The number of hydrogen-bond donors (Lipinski definition) is 1. The summed E-state index contributed by atoms with van der Waals surface area (Å²) in [6, 6.07) is 0. The van der Waals surface area contributed by atoms with Crippen molar-refractivity contribution in [3.63, 3.8) is 0 Å². The van der Waals surface area contributed by atoms with Crippen LogP contribution in [-0.4, -0.2) is 21.6 Å². The lowest BCUT2D eigenvalue weighted by Crippen LogP contribution is -2.25. The number of carbonyl (C=O) groups excluding carboxylic acids is 1. The molecule has 19 heavy (non-hydrogen) atoms. The molecule has 0 aromatic carbocycles. The zero-order chi connectivity index (χ0) is 14.8. The second-order valence-electron chi connectivity index (χ2n) is 4.98. The number of nitrogens with one attached hydrogen (secondary N) is 1. The summed E-state index contributed by atoms with van der Waals surface area (Å²) in [4.78, 5) is 15.8. The molecule has 1 N–H and O–H groups in total. The van der Waals surface area contributed by atoms with E-state index >= 15 is 0 Å². The third-order valence-corrected chi connectivity index (χ3v) is 3.77. The number of carbonyl (C=O) groups is 1. The number of rotatable bonds is 3. The van der Waals surface area contributed by atoms with E-state index in [-0.39, 0.29) is 17.2 Å². The molecule has 1 aromatic rings. The van der Waals surface area contributed by atoms with Crippen LogP contribution in [-0.2, 0) is 10.2 Å². The molecule has 1 atom stereocenters. The van der Waals surface area contributed by atoms with Crippen molar-refractivity contribution in [1.82, 2.24) is 4.98 Å². The van der Waals surface area contributed by atoms with E-state index in [4.69, 9.17) is 0 Å². The van der Waals surface area contributed by atoms with Gasteiger partial charge in [0.1, 0.15) is 0 Å². The normalized spacial score (nSPS) is 14.3. The van der Waals surface area contributed by atoms with Crippen molar-refractivity contribution >= 4 is 34.1 Å². The minimum atomic E-state index is -4.42. The number of hydrogen-bond acceptors (Lipinski definition) is 4. The molecule has 108 valence electrons. The second-order valence-corrected chi connectivity index (χ2v) is 7.25. The standard InChI is InChI=1S/C11H15F3N2OS2/c1-6(19-11(12,13)14)8(17)16-9-15-7(5-18-9)10(2,3)4/h5-6H,1-4H3,(H,15,16,17)/t6-/m0/s1. The molecule has 8 heteroatoms. The minimum Gasteiger partial charge on any atom is -0.301 e. The fourth-order valence-corrected chi connectivity index (χ4v) is 2.64. The van der Waals surface area contributed by atoms with Crippen LogP contribution in [0.1, 0.15) is 33.4 Å². The molecule has 1 rings (SSSR count). The van der Waals surface area contributed by atoms with Crippen molar-refractivity contribution < 1.29 is 18.0 Å². The van der Waals surface area contributed by atoms with Gasteiger partial charge in [0.25, 0.3) is 0 Å². The van der Waals surface area contributed by atoms with Gasteiger partial charge in [-0.1, -0.05) is 20.8 Å². The highest BCUT2D eigenvalue weighted by atomic mass is 32.2. The Kier molecular flexibility index (Phi) is 4.89. The minimum absolute atomic E-state index is 0.161. The number of nitrogens with zero attached hydrogens (tertiary/aromatic N) is 1. The Hall–Kier alpha value is -0.760. The van der Waals surface area contributed by atoms with E-state index in [1.54, 1.807) is 5.38 Å². The molecule has 0 aliphatic rings. The van der Waals surface area contributed by atoms with Gasteiger partial charge in [-0.05, 0) is 18.7 Å². The lowest BCUT2D eigenvalue weighted by Gasteiger charge is -2.14. The molecule has 0 aliphatic carbocycles. The summed E-state index contributed by atoms with van der Waals surface area (Å²) >= 11 is 0.868. The van der Waals surface area contributed by atoms with Crippen LogP contribution in [0.2, 0.25) is 0 Å². The Balaban J connectivity index is 2.65. The molecule has 0 unspecified atom stereocenters. The van der Waals surface area contributed by atoms with E-state index in [1.165, 1.54) is 18.3 Å². The lowest BCUT2D eigenvalue weighted by atomic mass is 9.93. The van der Waals surface area contributed by atoms with Crippen molar-refractivity contribution in [3.8, 4) is 0 Å². The van der Waals surface area contributed by atoms with Gasteiger partial charge >= 0.3 is 5.51 Å². The monoisotopic (exact) mass is 312 g/mol. The largest absolute Gasteiger partial charge is 0.442 e. The molecule has 0 aliphatic heterocycles. The highest BCUT2D eigenvalue weighted by Gasteiger charge is 2.34. The maximum Gasteiger partial charge on any atom is 0.442 e. The SMILES string of the molecule is C[C@H](SC(F)(F)F)C(=O)Nc1nc(C(C)(C)C)cs1. The molecule has 0 saturated carbocycles. The van der Waals surface area contributed by atoms with Crippen LogP contribution < -0.4 is 5.32 Å². The van der Waals surface area contributed by atoms with Crippen molar-refractivity contribution in [2.75, 3.05) is 5.32 Å². The summed E-state index contributed by atoms with van der Waals surface area (Å²) in [6.07, 6.45) is 0. The predicted molar refractivity (Wildman–Crippen MR) is 72.6 cm³/mol. The van der Waals surface area contributed by atoms with Crippen molar-refractivity contribution in [2.24, 2.45) is 0 Å². The molecule has 3 nitrogen and oxygen atoms in total. The second kappa shape index (κ2) is 5.70. The van der Waals surface area contributed by atoms with E-state index in [0.717, 1.165) is 5.69 Å². The summed E-state index contributed by atoms with van der Waals surface area (Å²) in [7, 11) is 0. The van der Waals surface area contributed by atoms with Crippen LogP contribution >= 0.6 is 23.1 Å². The highest BCUT2D eigenvalue weighted by molar-refractivity contribution is 8.01. The Bertz CT molecular complexity index is 452. The predicted octanol–water partition coefficient (Wildman–Crippen LogP) is 4.02. The van der Waals surface area contributed by atoms with Crippen molar-refractivity contribution in [3.05, 3.63) is 11.1 Å². The zero-order valence-corrected chi connectivity index (χ0v) is 12.6. The van der Waals surface area contributed by atoms with Crippen LogP contribution in [0.15, 0.2) is 5.38 Å². The number of thioether (sulfide) groups is 1. The van der Waals surface area contributed by atoms with Gasteiger partial charge in [0.15, 0.2) is 5.13 Å². The van der Waals surface area contributed by atoms with Crippen LogP contribution in [0.3, 0.4) is 0 Å². The summed E-state index contributed by atoms with van der Waals surface area (Å²) in [5.41, 5.74) is -3.79. The number of halogens is 3. The molecular formula is C11H15F3N2OS2. The van der Waals surface area contributed by atoms with Gasteiger partial charge in [-0.15, -0.1) is 11.3 Å². The third-order valence-electron chi connectivity index (χ3n) is 2.18. The number of amides is 1. The number of alkyl halides is 3. The van der Waals surface area contributed by atoms with Crippen molar-refractivity contribution in [2.45, 2.75) is 43.9 Å². The van der Waals surface area contributed by atoms with E-state index in [0.29, 0.717) is 5.13 Å². The van der Waals surface area contributed by atoms with E-state index in [9.17, 15) is 18.0 Å². The number of thiazole rings is 1. The average Bonchev–Trinajstić information content (AvgIpc) is 2.62. The Morgan fingerprint density at radius 1 is 1.42 bits per heavy atom. The van der Waals surface area contributed by atoms with Gasteiger partial charge in [0.2, 0.25) is 5.91 Å². The molecular weight excluding hydrogens is 297 g/mol. The smallest absolute Gasteiger partial charge is 0.301 e. The maximum absolute atomic E-state index is 12.1. The molecule has 1 amide bonds. The first-order valence-electron chi connectivity index (χ1n) is 5.50. The summed E-state index contributed by atoms with van der Waals surface area (Å²) in [6.45, 7) is 7.12. The third kappa shape index (κ3) is 5.40. The van der Waals surface area contributed by atoms with Crippen LogP contribution in [0.25, 0.3) is 0 Å². The Morgan fingerprint density at radius 2 is 2.00 bits per heavy atom. The van der Waals surface area contributed by atoms with Gasteiger partial charge in [-0.2, -0.15) is 13.2 Å². The molecule has 0 saturated heterocycles. The van der Waals surface area contributed by atoms with Crippen LogP contribution in [0.5, 0.6) is 0 Å². The first kappa shape index (κ1) is 16.3. The fourth-order valence-electron chi connectivity index (χ4n) is 1.14. The molecule has 1 heterocycles. The zero-order valence-electron chi connectivity index (χ0n) is 11.0. The Morgan fingerprint density at radius 3 is 2.42 bits per heavy atom. The quantitative estimate of drug-likeness (QED) is 0.916. The van der Waals surface area contributed by atoms with Gasteiger partial charge in [0, 0.05) is 10.8 Å². The van der Waals surface area contributed by atoms with Gasteiger partial charge in [0.05, 0.1) is 10.9 Å². The molecule has 1 aromatic heterocycles. The van der Waals surface area contributed by atoms with Gasteiger partial charge < -0.3 is 5.32 Å². The lowest BCUT2D eigenvalue weighted by molar-refractivity contribution is -0.115. The van der Waals surface area contributed by atoms with E-state index in [2.05, 4.69) is 10.3 Å². The van der Waals surface area contributed by atoms with Gasteiger partial charge in [-0.25, -0.2) is 4.98 Å². The average molecular weight is 312 g/mol. The van der Waals surface area contributed by atoms with Gasteiger partial charge in [-0.3, -0.25) is 4.79 Å². The topological polar surface area (TPSA) is 42.0 Å².